The summed E-state index contributed by atoms with van der Waals surface area (Å²) in [5.74, 6) is 0. The molecule has 0 unspecified atom stereocenters. The second-order valence-electron chi connectivity index (χ2n) is 1.58. The lowest BCUT2D eigenvalue weighted by molar-refractivity contribution is 0.404. The van der Waals surface area contributed by atoms with Gasteiger partial charge in [0.25, 0.3) is 0 Å². The summed E-state index contributed by atoms with van der Waals surface area (Å²) < 4.78 is 69.0. The molecule has 2 saturated heterocycles. The highest BCUT2D eigenvalue weighted by molar-refractivity contribution is 7.53. The van der Waals surface area contributed by atoms with E-state index in [2.05, 4.69) is 0 Å². The first-order chi connectivity index (χ1) is 7.23. The van der Waals surface area contributed by atoms with Crippen molar-refractivity contribution < 1.29 is 20.4 Å². The van der Waals surface area contributed by atoms with Crippen molar-refractivity contribution in [3.05, 3.63) is 0 Å². The number of nitrogens with zero attached hydrogens (tertiary/aromatic N) is 2. The van der Waals surface area contributed by atoms with Crippen LogP contribution in [-0.4, -0.2) is 40.2 Å². The Balaban J connectivity index is 2.34. The molecule has 0 aromatic carbocycles. The van der Waals surface area contributed by atoms with Gasteiger partial charge in [0.1, 0.15) is 0 Å². The molecular weight excluding hydrogens is 139 g/mol. The van der Waals surface area contributed by atoms with Crippen molar-refractivity contribution in [1.29, 1.82) is 0 Å². The van der Waals surface area contributed by atoms with Gasteiger partial charge in [-0.2, -0.15) is 0 Å². The van der Waals surface area contributed by atoms with Gasteiger partial charge in [-0.3, -0.25) is 4.57 Å². The predicted octanol–water partition coefficient (Wildman–Crippen LogP) is -0.282. The maximum absolute atomic E-state index is 11.8. The molecule has 0 radical (unpaired) electrons. The highest BCUT2D eigenvalue weighted by atomic mass is 31.2. The third kappa shape index (κ3) is 0.923. The topological polar surface area (TPSA) is 43.3 Å². The maximum Gasteiger partial charge on any atom is 0.343 e. The minimum absolute atomic E-state index is 0.0460. The van der Waals surface area contributed by atoms with Crippen LogP contribution in [0.2, 0.25) is 0 Å². The highest BCUT2D eigenvalue weighted by Gasteiger charge is 2.46. The molecule has 0 aromatic rings. The van der Waals surface area contributed by atoms with E-state index >= 15 is 0 Å². The van der Waals surface area contributed by atoms with Gasteiger partial charge < -0.3 is 4.89 Å². The predicted molar refractivity (Wildman–Crippen MR) is 33.0 cm³/mol. The molecule has 5 heteroatoms. The van der Waals surface area contributed by atoms with Gasteiger partial charge in [-0.05, 0) is 0 Å². The van der Waals surface area contributed by atoms with Crippen molar-refractivity contribution in [3.8, 4) is 0 Å². The second kappa shape index (κ2) is 1.58. The molecular formula is C4H9N2O2P. The van der Waals surface area contributed by atoms with Crippen LogP contribution in [0.25, 0.3) is 0 Å². The molecule has 0 aromatic heterocycles. The zero-order chi connectivity index (χ0) is 13.7. The SMILES string of the molecule is [2H]C1([2H])N(P(=O)(O)N2C([2H])([2H])C2([2H])[2H])C1([2H])[2H]. The van der Waals surface area contributed by atoms with E-state index in [4.69, 9.17) is 11.0 Å². The normalized spacial score (nSPS) is 64.1. The smallest absolute Gasteiger partial charge is 0.322 e. The van der Waals surface area contributed by atoms with Crippen LogP contribution in [0.1, 0.15) is 11.0 Å². The molecule has 2 aliphatic rings. The monoisotopic (exact) mass is 156 g/mol. The number of hydrogen-bond acceptors (Lipinski definition) is 1. The fourth-order valence-electron chi connectivity index (χ4n) is 0.395. The van der Waals surface area contributed by atoms with Gasteiger partial charge in [-0.1, -0.05) is 0 Å². The van der Waals surface area contributed by atoms with Crippen LogP contribution in [0.4, 0.5) is 0 Å². The van der Waals surface area contributed by atoms with Crippen molar-refractivity contribution in [2.75, 3.05) is 26.0 Å². The van der Waals surface area contributed by atoms with Gasteiger partial charge >= 0.3 is 7.67 Å². The van der Waals surface area contributed by atoms with E-state index < -0.39 is 33.7 Å². The molecule has 0 atom stereocenters. The van der Waals surface area contributed by atoms with E-state index in [1.807, 2.05) is 0 Å². The van der Waals surface area contributed by atoms with E-state index in [0.29, 0.717) is 0 Å². The fraction of sp³-hybridized carbons (Fsp3) is 1.00. The Morgan fingerprint density at radius 2 is 1.67 bits per heavy atom. The molecule has 0 amide bonds. The summed E-state index contributed by atoms with van der Waals surface area (Å²) in [6.45, 7) is -10.9. The van der Waals surface area contributed by atoms with Crippen molar-refractivity contribution >= 4 is 7.67 Å². The summed E-state index contributed by atoms with van der Waals surface area (Å²) in [4.78, 5) is 9.58. The fourth-order valence-corrected chi connectivity index (χ4v) is 1.18. The van der Waals surface area contributed by atoms with Crippen molar-refractivity contribution in [1.82, 2.24) is 9.34 Å². The third-order valence-electron chi connectivity index (χ3n) is 0.945. The summed E-state index contributed by atoms with van der Waals surface area (Å²) in [5.41, 5.74) is 0. The van der Waals surface area contributed by atoms with E-state index in [1.54, 1.807) is 0 Å². The first kappa shape index (κ1) is 1.83. The molecule has 4 nitrogen and oxygen atoms in total. The van der Waals surface area contributed by atoms with E-state index in [9.17, 15) is 9.46 Å². The molecule has 0 spiro atoms. The van der Waals surface area contributed by atoms with E-state index in [1.165, 1.54) is 0 Å². The number of rotatable bonds is 2. The molecule has 2 aliphatic heterocycles. The number of hydrogen-bond donors (Lipinski definition) is 1. The Morgan fingerprint density at radius 3 is 1.89 bits per heavy atom. The van der Waals surface area contributed by atoms with Gasteiger partial charge in [0, 0.05) is 37.0 Å². The first-order valence-electron chi connectivity index (χ1n) is 6.18. The minimum atomic E-state index is -4.93. The lowest BCUT2D eigenvalue weighted by Crippen LogP contribution is -2.01. The van der Waals surface area contributed by atoms with E-state index in [0.717, 1.165) is 0 Å². The van der Waals surface area contributed by atoms with Gasteiger partial charge in [0.05, 0.1) is 0 Å². The Hall–Kier alpha value is 0.110. The van der Waals surface area contributed by atoms with Crippen molar-refractivity contribution in [2.24, 2.45) is 0 Å². The Kier molecular flexibility index (Phi) is 0.321. The summed E-state index contributed by atoms with van der Waals surface area (Å²) in [5, 5.41) is 0. The molecule has 0 aliphatic carbocycles. The third-order valence-corrected chi connectivity index (χ3v) is 2.39. The Bertz CT molecular complexity index is 373. The molecule has 0 bridgehead atoms. The Labute approximate surface area is 64.9 Å². The zero-order valence-electron chi connectivity index (χ0n) is 12.2. The summed E-state index contributed by atoms with van der Waals surface area (Å²) in [7, 11) is -4.93. The molecule has 52 valence electrons. The van der Waals surface area contributed by atoms with Gasteiger partial charge in [-0.15, -0.1) is 0 Å². The van der Waals surface area contributed by atoms with Gasteiger partial charge in [-0.25, -0.2) is 9.34 Å². The average molecular weight is 156 g/mol. The molecule has 0 saturated carbocycles. The first-order valence-corrected chi connectivity index (χ1v) is 3.74. The second-order valence-corrected chi connectivity index (χ2v) is 3.41. The Morgan fingerprint density at radius 1 is 1.33 bits per heavy atom. The molecule has 2 rings (SSSR count). The standard InChI is InChI=1S/C4H9N2O2P/c7-9(8,5-1-2-5)6-3-4-6/h1-4H2,(H,7,8)/i1D2,2D2,3D2,4D2. The lowest BCUT2D eigenvalue weighted by Gasteiger charge is -2.10. The summed E-state index contributed by atoms with van der Waals surface area (Å²) in [6.07, 6.45) is 0. The maximum atomic E-state index is 11.8. The molecule has 2 heterocycles. The lowest BCUT2D eigenvalue weighted by atomic mass is 11.0. The van der Waals surface area contributed by atoms with Crippen LogP contribution in [0, 0.1) is 0 Å². The van der Waals surface area contributed by atoms with Gasteiger partial charge in [0.2, 0.25) is 0 Å². The zero-order valence-corrected chi connectivity index (χ0v) is 5.09. The molecule has 2 fully saturated rings. The van der Waals surface area contributed by atoms with Crippen LogP contribution >= 0.6 is 7.67 Å². The quantitative estimate of drug-likeness (QED) is 0.441. The summed E-state index contributed by atoms with van der Waals surface area (Å²) >= 11 is 0. The highest BCUT2D eigenvalue weighted by Crippen LogP contribution is 2.56. The minimum Gasteiger partial charge on any atom is -0.322 e. The largest absolute Gasteiger partial charge is 0.343 e. The average Bonchev–Trinajstić information content (AvgIpc) is 2.56. The van der Waals surface area contributed by atoms with Crippen LogP contribution in [0.15, 0.2) is 0 Å². The van der Waals surface area contributed by atoms with Crippen LogP contribution in [0.5, 0.6) is 0 Å². The van der Waals surface area contributed by atoms with Crippen LogP contribution in [-0.2, 0) is 4.57 Å². The van der Waals surface area contributed by atoms with E-state index in [-0.39, 0.29) is 9.34 Å². The van der Waals surface area contributed by atoms with Crippen LogP contribution in [0.3, 0.4) is 0 Å². The molecule has 1 N–H and O–H groups in total. The van der Waals surface area contributed by atoms with Crippen molar-refractivity contribution in [3.63, 3.8) is 0 Å². The van der Waals surface area contributed by atoms with Gasteiger partial charge in [0.15, 0.2) is 0 Å². The molecule has 9 heavy (non-hydrogen) atoms. The van der Waals surface area contributed by atoms with Crippen LogP contribution < -0.4 is 0 Å². The van der Waals surface area contributed by atoms with Crippen molar-refractivity contribution in [2.45, 2.75) is 0 Å². The summed E-state index contributed by atoms with van der Waals surface area (Å²) in [6, 6.07) is 0.